The Bertz CT molecular complexity index is 1120. The SMILES string of the molecule is CCC(=O)OC(CCCCCc1cc(C(C)(C)C)c(O)c(C(C)(C)C)c1)c1cc(C(C)(C)C)c(O)c(C(C)(C)C)c1. The van der Waals surface area contributed by atoms with E-state index >= 15 is 0 Å². The second-order valence-corrected chi connectivity index (χ2v) is 15.9. The lowest BCUT2D eigenvalue weighted by Crippen LogP contribution is -2.19. The molecule has 1 unspecified atom stereocenters. The summed E-state index contributed by atoms with van der Waals surface area (Å²) in [6, 6.07) is 8.43. The number of aromatic hydroxyl groups is 2. The van der Waals surface area contributed by atoms with Gasteiger partial charge in [0.25, 0.3) is 0 Å². The molecule has 0 bridgehead atoms. The number of aryl methyl sites for hydroxylation is 1. The molecule has 0 radical (unpaired) electrons. The lowest BCUT2D eigenvalue weighted by atomic mass is 9.77. The van der Waals surface area contributed by atoms with Crippen molar-refractivity contribution < 1.29 is 19.7 Å². The Balaban J connectivity index is 2.28. The number of carbonyl (C=O) groups excluding carboxylic acids is 1. The molecule has 4 heteroatoms. The monoisotopic (exact) mass is 566 g/mol. The van der Waals surface area contributed by atoms with Gasteiger partial charge < -0.3 is 14.9 Å². The maximum absolute atomic E-state index is 12.5. The van der Waals surface area contributed by atoms with Crippen molar-refractivity contribution >= 4 is 5.97 Å². The molecule has 230 valence electrons. The fourth-order valence-electron chi connectivity index (χ4n) is 5.34. The van der Waals surface area contributed by atoms with Crippen LogP contribution in [0.5, 0.6) is 11.5 Å². The van der Waals surface area contributed by atoms with E-state index in [0.717, 1.165) is 59.9 Å². The number of benzene rings is 2. The van der Waals surface area contributed by atoms with Crippen LogP contribution in [-0.4, -0.2) is 16.2 Å². The van der Waals surface area contributed by atoms with Gasteiger partial charge in [0.15, 0.2) is 0 Å². The van der Waals surface area contributed by atoms with E-state index in [-0.39, 0.29) is 33.7 Å². The number of ether oxygens (including phenoxy) is 1. The highest BCUT2D eigenvalue weighted by Gasteiger charge is 2.29. The Morgan fingerprint density at radius 2 is 1.05 bits per heavy atom. The molecule has 41 heavy (non-hydrogen) atoms. The van der Waals surface area contributed by atoms with Crippen LogP contribution in [0.1, 0.15) is 162 Å². The van der Waals surface area contributed by atoms with E-state index in [4.69, 9.17) is 4.74 Å². The summed E-state index contributed by atoms with van der Waals surface area (Å²) in [5, 5.41) is 22.2. The molecule has 4 nitrogen and oxygen atoms in total. The van der Waals surface area contributed by atoms with E-state index in [1.807, 2.05) is 19.1 Å². The first-order chi connectivity index (χ1) is 18.6. The van der Waals surface area contributed by atoms with Crippen molar-refractivity contribution in [3.8, 4) is 11.5 Å². The largest absolute Gasteiger partial charge is 0.507 e. The first-order valence-electron chi connectivity index (χ1n) is 15.5. The van der Waals surface area contributed by atoms with Gasteiger partial charge in [-0.25, -0.2) is 0 Å². The summed E-state index contributed by atoms with van der Waals surface area (Å²) in [5.41, 5.74) is 5.21. The number of hydrogen-bond acceptors (Lipinski definition) is 4. The van der Waals surface area contributed by atoms with Crippen LogP contribution in [0, 0.1) is 0 Å². The molecular weight excluding hydrogens is 508 g/mol. The number of unbranched alkanes of at least 4 members (excludes halogenated alkanes) is 2. The van der Waals surface area contributed by atoms with Crippen LogP contribution in [0.3, 0.4) is 0 Å². The second-order valence-electron chi connectivity index (χ2n) is 15.9. The number of esters is 1. The van der Waals surface area contributed by atoms with Crippen molar-refractivity contribution in [3.05, 3.63) is 57.6 Å². The maximum Gasteiger partial charge on any atom is 0.306 e. The van der Waals surface area contributed by atoms with Gasteiger partial charge >= 0.3 is 5.97 Å². The maximum atomic E-state index is 12.5. The minimum absolute atomic E-state index is 0.140. The molecule has 2 N–H and O–H groups in total. The molecule has 2 aromatic carbocycles. The predicted molar refractivity (Wildman–Crippen MR) is 172 cm³/mol. The van der Waals surface area contributed by atoms with Crippen LogP contribution in [-0.2, 0) is 37.6 Å². The molecule has 0 amide bonds. The normalized spacial score (nSPS) is 13.8. The lowest BCUT2D eigenvalue weighted by Gasteiger charge is -2.30. The fraction of sp³-hybridized carbons (Fsp3) is 0.649. The topological polar surface area (TPSA) is 66.8 Å². The number of phenolic OH excluding ortho intramolecular Hbond substituents is 2. The number of phenols is 2. The summed E-state index contributed by atoms with van der Waals surface area (Å²) in [4.78, 5) is 12.5. The zero-order valence-corrected chi connectivity index (χ0v) is 28.3. The quantitative estimate of drug-likeness (QED) is 0.234. The highest BCUT2D eigenvalue weighted by Crippen LogP contribution is 2.43. The van der Waals surface area contributed by atoms with E-state index in [1.54, 1.807) is 0 Å². The zero-order valence-electron chi connectivity index (χ0n) is 28.3. The number of rotatable bonds is 9. The van der Waals surface area contributed by atoms with Gasteiger partial charge in [-0.15, -0.1) is 0 Å². The summed E-state index contributed by atoms with van der Waals surface area (Å²) in [5.74, 6) is 0.561. The van der Waals surface area contributed by atoms with Crippen molar-refractivity contribution in [3.63, 3.8) is 0 Å². The van der Waals surface area contributed by atoms with Gasteiger partial charge in [0.1, 0.15) is 17.6 Å². The van der Waals surface area contributed by atoms with Crippen LogP contribution in [0.2, 0.25) is 0 Å². The minimum atomic E-state index is -0.348. The van der Waals surface area contributed by atoms with Crippen LogP contribution in [0.15, 0.2) is 24.3 Å². The Labute approximate surface area is 250 Å². The molecule has 0 fully saturated rings. The van der Waals surface area contributed by atoms with Crippen LogP contribution in [0.25, 0.3) is 0 Å². The number of hydrogen-bond donors (Lipinski definition) is 2. The fourth-order valence-corrected chi connectivity index (χ4v) is 5.34. The molecule has 0 aliphatic heterocycles. The first-order valence-corrected chi connectivity index (χ1v) is 15.5. The second kappa shape index (κ2) is 12.8. The van der Waals surface area contributed by atoms with Crippen molar-refractivity contribution in [2.45, 2.75) is 156 Å². The molecule has 0 saturated carbocycles. The third-order valence-electron chi connectivity index (χ3n) is 7.90. The smallest absolute Gasteiger partial charge is 0.306 e. The highest BCUT2D eigenvalue weighted by atomic mass is 16.5. The van der Waals surface area contributed by atoms with E-state index in [9.17, 15) is 15.0 Å². The summed E-state index contributed by atoms with van der Waals surface area (Å²) in [7, 11) is 0. The third kappa shape index (κ3) is 9.25. The molecule has 1 atom stereocenters. The first kappa shape index (κ1) is 34.7. The molecule has 0 aliphatic carbocycles. The Kier molecular flexibility index (Phi) is 10.8. The molecule has 2 rings (SSSR count). The molecular formula is C37H58O4. The molecule has 0 aromatic heterocycles. The van der Waals surface area contributed by atoms with Crippen molar-refractivity contribution in [2.24, 2.45) is 0 Å². The van der Waals surface area contributed by atoms with E-state index < -0.39 is 0 Å². The Hall–Kier alpha value is -2.49. The summed E-state index contributed by atoms with van der Waals surface area (Å²) >= 11 is 0. The average molecular weight is 567 g/mol. The van der Waals surface area contributed by atoms with Gasteiger partial charge in [0.2, 0.25) is 0 Å². The molecule has 0 saturated heterocycles. The van der Waals surface area contributed by atoms with E-state index in [1.165, 1.54) is 5.56 Å². The van der Waals surface area contributed by atoms with Crippen LogP contribution < -0.4 is 0 Å². The lowest BCUT2D eigenvalue weighted by molar-refractivity contribution is -0.149. The summed E-state index contributed by atoms with van der Waals surface area (Å²) in [6.45, 7) is 27.3. The van der Waals surface area contributed by atoms with Gasteiger partial charge in [-0.1, -0.05) is 109 Å². The summed E-state index contributed by atoms with van der Waals surface area (Å²) in [6.07, 6.45) is 4.61. The Morgan fingerprint density at radius 3 is 1.41 bits per heavy atom. The predicted octanol–water partition coefficient (Wildman–Crippen LogP) is 10.1. The van der Waals surface area contributed by atoms with Crippen molar-refractivity contribution in [2.75, 3.05) is 0 Å². The minimum Gasteiger partial charge on any atom is -0.507 e. The van der Waals surface area contributed by atoms with Gasteiger partial charge in [-0.3, -0.25) is 4.79 Å². The van der Waals surface area contributed by atoms with Gasteiger partial charge in [0, 0.05) is 6.42 Å². The Morgan fingerprint density at radius 1 is 0.659 bits per heavy atom. The van der Waals surface area contributed by atoms with Crippen LogP contribution >= 0.6 is 0 Å². The summed E-state index contributed by atoms with van der Waals surface area (Å²) < 4.78 is 6.00. The third-order valence-corrected chi connectivity index (χ3v) is 7.90. The molecule has 2 aromatic rings. The zero-order chi connectivity index (χ0) is 31.6. The van der Waals surface area contributed by atoms with Crippen molar-refractivity contribution in [1.29, 1.82) is 0 Å². The van der Waals surface area contributed by atoms with Gasteiger partial charge in [-0.2, -0.15) is 0 Å². The average Bonchev–Trinajstić information content (AvgIpc) is 2.80. The van der Waals surface area contributed by atoms with E-state index in [2.05, 4.69) is 95.2 Å². The van der Waals surface area contributed by atoms with Gasteiger partial charge in [-0.05, 0) is 92.9 Å². The molecule has 0 aliphatic rings. The molecule has 0 spiro atoms. The van der Waals surface area contributed by atoms with Crippen molar-refractivity contribution in [1.82, 2.24) is 0 Å². The standard InChI is InChI=1S/C37H58O4/c1-14-31(38)41-30(25-22-28(36(8,9)10)33(40)29(23-25)37(11,12)13)19-17-15-16-18-24-20-26(34(2,3)4)32(39)27(21-24)35(5,6)7/h20-23,30,39-40H,14-19H2,1-13H3. The van der Waals surface area contributed by atoms with E-state index in [0.29, 0.717) is 17.9 Å². The van der Waals surface area contributed by atoms with Crippen LogP contribution in [0.4, 0.5) is 0 Å². The van der Waals surface area contributed by atoms with Gasteiger partial charge in [0.05, 0.1) is 0 Å². The number of carbonyl (C=O) groups is 1. The highest BCUT2D eigenvalue weighted by molar-refractivity contribution is 5.69. The molecule has 0 heterocycles.